The number of anilines is 1. The average molecular weight is 479 g/mol. The van der Waals surface area contributed by atoms with E-state index in [-0.39, 0.29) is 47.3 Å². The van der Waals surface area contributed by atoms with Gasteiger partial charge in [-0.05, 0) is 36.4 Å². The molecule has 3 rings (SSSR count). The number of carbonyl (C=O) groups excluding carboxylic acids is 3. The van der Waals surface area contributed by atoms with Crippen LogP contribution >= 0.6 is 11.6 Å². The summed E-state index contributed by atoms with van der Waals surface area (Å²) in [5, 5.41) is 2.84. The first-order chi connectivity index (χ1) is 15.8. The Kier molecular flexibility index (Phi) is 8.07. The van der Waals surface area contributed by atoms with Gasteiger partial charge in [-0.25, -0.2) is 4.39 Å². The van der Waals surface area contributed by atoms with Crippen LogP contribution in [0.4, 0.5) is 10.1 Å². The molecule has 0 atom stereocenters. The number of primary amides is 1. The fourth-order valence-electron chi connectivity index (χ4n) is 3.36. The van der Waals surface area contributed by atoms with Gasteiger partial charge in [0.1, 0.15) is 5.82 Å². The molecular formula is C22H24ClFN4O5. The molecule has 0 unspecified atom stereocenters. The third-order valence-electron chi connectivity index (χ3n) is 4.99. The third-order valence-corrected chi connectivity index (χ3v) is 5.27. The van der Waals surface area contributed by atoms with Crippen LogP contribution in [-0.2, 0) is 9.59 Å². The van der Waals surface area contributed by atoms with E-state index in [0.717, 1.165) is 0 Å². The number of methoxy groups -OCH3 is 1. The van der Waals surface area contributed by atoms with E-state index in [1.807, 2.05) is 4.90 Å². The third kappa shape index (κ3) is 6.56. The van der Waals surface area contributed by atoms with Crippen LogP contribution in [0.5, 0.6) is 11.5 Å². The molecule has 33 heavy (non-hydrogen) atoms. The Morgan fingerprint density at radius 2 is 1.79 bits per heavy atom. The Labute approximate surface area is 195 Å². The van der Waals surface area contributed by atoms with Crippen molar-refractivity contribution >= 4 is 35.0 Å². The molecule has 0 radical (unpaired) electrons. The summed E-state index contributed by atoms with van der Waals surface area (Å²) in [7, 11) is 1.40. The van der Waals surface area contributed by atoms with Crippen molar-refractivity contribution in [2.45, 2.75) is 0 Å². The molecule has 1 saturated heterocycles. The van der Waals surface area contributed by atoms with E-state index in [1.54, 1.807) is 4.90 Å². The lowest BCUT2D eigenvalue weighted by atomic mass is 10.1. The second kappa shape index (κ2) is 11.0. The lowest BCUT2D eigenvalue weighted by Gasteiger charge is -2.34. The first-order valence-corrected chi connectivity index (χ1v) is 10.5. The molecule has 1 aliphatic heterocycles. The summed E-state index contributed by atoms with van der Waals surface area (Å²) in [6, 6.07) is 8.48. The van der Waals surface area contributed by atoms with Crippen LogP contribution in [0.25, 0.3) is 0 Å². The number of halogens is 2. The molecule has 9 nitrogen and oxygen atoms in total. The van der Waals surface area contributed by atoms with E-state index in [4.69, 9.17) is 26.8 Å². The maximum Gasteiger partial charge on any atom is 0.255 e. The second-order valence-electron chi connectivity index (χ2n) is 7.37. The van der Waals surface area contributed by atoms with Gasteiger partial charge in [0.25, 0.3) is 11.8 Å². The maximum atomic E-state index is 13.0. The highest BCUT2D eigenvalue weighted by atomic mass is 35.5. The molecule has 1 aliphatic rings. The first kappa shape index (κ1) is 24.3. The zero-order valence-electron chi connectivity index (χ0n) is 18.0. The van der Waals surface area contributed by atoms with Gasteiger partial charge in [-0.1, -0.05) is 11.6 Å². The van der Waals surface area contributed by atoms with Crippen molar-refractivity contribution in [2.75, 3.05) is 51.8 Å². The summed E-state index contributed by atoms with van der Waals surface area (Å²) in [4.78, 5) is 39.8. The van der Waals surface area contributed by atoms with E-state index < -0.39 is 5.91 Å². The first-order valence-electron chi connectivity index (χ1n) is 10.1. The molecular weight excluding hydrogens is 455 g/mol. The smallest absolute Gasteiger partial charge is 0.255 e. The number of piperazine rings is 1. The Morgan fingerprint density at radius 1 is 1.12 bits per heavy atom. The van der Waals surface area contributed by atoms with Gasteiger partial charge in [0.2, 0.25) is 5.91 Å². The van der Waals surface area contributed by atoms with Crippen molar-refractivity contribution in [3.63, 3.8) is 0 Å². The number of nitrogens with two attached hydrogens (primary N) is 1. The summed E-state index contributed by atoms with van der Waals surface area (Å²) in [5.41, 5.74) is 5.92. The number of hydrogen-bond donors (Lipinski definition) is 2. The van der Waals surface area contributed by atoms with Gasteiger partial charge < -0.3 is 25.4 Å². The number of amides is 3. The van der Waals surface area contributed by atoms with Crippen molar-refractivity contribution in [3.05, 3.63) is 52.8 Å². The standard InChI is InChI=1S/C22H24ClFN4O5/c1-32-18-11-14(10-17(23)21(18)33-13-19(25)29)22(31)28-8-6-27(7-9-28)12-20(30)26-16-4-2-15(24)3-5-16/h2-5,10-11H,6-9,12-13H2,1H3,(H2,25,29)(H,26,30). The highest BCUT2D eigenvalue weighted by molar-refractivity contribution is 6.32. The lowest BCUT2D eigenvalue weighted by Crippen LogP contribution is -2.50. The normalized spacial score (nSPS) is 14.0. The molecule has 0 aliphatic carbocycles. The largest absolute Gasteiger partial charge is 0.493 e. The van der Waals surface area contributed by atoms with Crippen molar-refractivity contribution < 1.29 is 28.2 Å². The number of hydrogen-bond acceptors (Lipinski definition) is 6. The molecule has 1 heterocycles. The molecule has 0 saturated carbocycles. The van der Waals surface area contributed by atoms with E-state index in [2.05, 4.69) is 5.32 Å². The molecule has 0 aromatic heterocycles. The summed E-state index contributed by atoms with van der Waals surface area (Å²) in [5.74, 6) is -1.16. The topological polar surface area (TPSA) is 114 Å². The van der Waals surface area contributed by atoms with Crippen molar-refractivity contribution in [1.82, 2.24) is 9.80 Å². The minimum Gasteiger partial charge on any atom is -0.493 e. The van der Waals surface area contributed by atoms with E-state index in [0.29, 0.717) is 37.4 Å². The van der Waals surface area contributed by atoms with Crippen molar-refractivity contribution in [3.8, 4) is 11.5 Å². The molecule has 11 heteroatoms. The van der Waals surface area contributed by atoms with Crippen LogP contribution < -0.4 is 20.5 Å². The monoisotopic (exact) mass is 478 g/mol. The van der Waals surface area contributed by atoms with E-state index >= 15 is 0 Å². The number of ether oxygens (including phenoxy) is 2. The molecule has 0 bridgehead atoms. The van der Waals surface area contributed by atoms with E-state index in [9.17, 15) is 18.8 Å². The van der Waals surface area contributed by atoms with Crippen LogP contribution in [-0.4, -0.2) is 74.0 Å². The number of nitrogens with one attached hydrogen (secondary N) is 1. The number of nitrogens with zero attached hydrogens (tertiary/aromatic N) is 2. The van der Waals surface area contributed by atoms with Crippen LogP contribution in [0.2, 0.25) is 5.02 Å². The van der Waals surface area contributed by atoms with Crippen molar-refractivity contribution in [2.24, 2.45) is 5.73 Å². The average Bonchev–Trinajstić information content (AvgIpc) is 2.79. The second-order valence-corrected chi connectivity index (χ2v) is 7.78. The molecule has 2 aromatic rings. The Bertz CT molecular complexity index is 1030. The van der Waals surface area contributed by atoms with Crippen LogP contribution in [0.3, 0.4) is 0 Å². The fourth-order valence-corrected chi connectivity index (χ4v) is 3.62. The predicted octanol–water partition coefficient (Wildman–Crippen LogP) is 1.75. The van der Waals surface area contributed by atoms with Gasteiger partial charge in [-0.2, -0.15) is 0 Å². The number of benzene rings is 2. The van der Waals surface area contributed by atoms with Gasteiger partial charge in [-0.3, -0.25) is 19.3 Å². The van der Waals surface area contributed by atoms with Gasteiger partial charge in [0.15, 0.2) is 18.1 Å². The zero-order valence-corrected chi connectivity index (χ0v) is 18.7. The van der Waals surface area contributed by atoms with Crippen LogP contribution in [0, 0.1) is 5.82 Å². The molecule has 3 N–H and O–H groups in total. The molecule has 2 aromatic carbocycles. The summed E-state index contributed by atoms with van der Waals surface area (Å²) in [6.07, 6.45) is 0. The van der Waals surface area contributed by atoms with Gasteiger partial charge in [0, 0.05) is 37.4 Å². The fraction of sp³-hybridized carbons (Fsp3) is 0.318. The Balaban J connectivity index is 1.56. The minimum atomic E-state index is -0.669. The van der Waals surface area contributed by atoms with Crippen molar-refractivity contribution in [1.29, 1.82) is 0 Å². The Morgan fingerprint density at radius 3 is 2.39 bits per heavy atom. The maximum absolute atomic E-state index is 13.0. The minimum absolute atomic E-state index is 0.120. The highest BCUT2D eigenvalue weighted by Gasteiger charge is 2.25. The van der Waals surface area contributed by atoms with Crippen LogP contribution in [0.1, 0.15) is 10.4 Å². The summed E-state index contributed by atoms with van der Waals surface area (Å²) < 4.78 is 23.5. The number of rotatable bonds is 8. The summed E-state index contributed by atoms with van der Waals surface area (Å²) in [6.45, 7) is 1.64. The molecule has 176 valence electrons. The molecule has 3 amide bonds. The molecule has 0 spiro atoms. The Hall–Kier alpha value is -3.37. The van der Waals surface area contributed by atoms with Gasteiger partial charge in [-0.15, -0.1) is 0 Å². The van der Waals surface area contributed by atoms with Crippen LogP contribution in [0.15, 0.2) is 36.4 Å². The quantitative estimate of drug-likeness (QED) is 0.597. The predicted molar refractivity (Wildman–Crippen MR) is 120 cm³/mol. The lowest BCUT2D eigenvalue weighted by molar-refractivity contribution is -0.120. The molecule has 1 fully saturated rings. The highest BCUT2D eigenvalue weighted by Crippen LogP contribution is 2.36. The zero-order chi connectivity index (χ0) is 24.0. The number of carbonyl (C=O) groups is 3. The van der Waals surface area contributed by atoms with Gasteiger partial charge >= 0.3 is 0 Å². The van der Waals surface area contributed by atoms with E-state index in [1.165, 1.54) is 43.5 Å². The van der Waals surface area contributed by atoms with Gasteiger partial charge in [0.05, 0.1) is 18.7 Å². The SMILES string of the molecule is COc1cc(C(=O)N2CCN(CC(=O)Nc3ccc(F)cc3)CC2)cc(Cl)c1OCC(N)=O. The summed E-state index contributed by atoms with van der Waals surface area (Å²) >= 11 is 6.23.